The smallest absolute Gasteiger partial charge is 0.251 e. The molecular formula is C9H12F2N2O2S. The number of benzene rings is 1. The van der Waals surface area contributed by atoms with Crippen LogP contribution in [0.1, 0.15) is 0 Å². The van der Waals surface area contributed by atoms with E-state index in [4.69, 9.17) is 0 Å². The summed E-state index contributed by atoms with van der Waals surface area (Å²) in [7, 11) is -2.22. The van der Waals surface area contributed by atoms with Crippen molar-refractivity contribution in [3.8, 4) is 0 Å². The van der Waals surface area contributed by atoms with Crippen molar-refractivity contribution in [1.29, 1.82) is 0 Å². The van der Waals surface area contributed by atoms with Gasteiger partial charge in [-0.3, -0.25) is 0 Å². The van der Waals surface area contributed by atoms with Gasteiger partial charge in [-0.05, 0) is 18.2 Å². The number of hydrogen-bond acceptors (Lipinski definition) is 3. The van der Waals surface area contributed by atoms with Gasteiger partial charge in [0, 0.05) is 12.7 Å². The van der Waals surface area contributed by atoms with Crippen LogP contribution in [-0.2, 0) is 10.0 Å². The Labute approximate surface area is 92.7 Å². The van der Waals surface area contributed by atoms with Crippen LogP contribution in [-0.4, -0.2) is 28.4 Å². The van der Waals surface area contributed by atoms with Crippen LogP contribution in [0.4, 0.5) is 14.5 Å². The summed E-state index contributed by atoms with van der Waals surface area (Å²) in [6, 6.07) is 5.91. The lowest BCUT2D eigenvalue weighted by Gasteiger charge is -2.07. The average molecular weight is 250 g/mol. The highest BCUT2D eigenvalue weighted by atomic mass is 32.2. The second kappa shape index (κ2) is 5.22. The molecule has 7 heteroatoms. The molecule has 0 amide bonds. The fourth-order valence-electron chi connectivity index (χ4n) is 1.07. The third-order valence-electron chi connectivity index (χ3n) is 1.86. The molecule has 16 heavy (non-hydrogen) atoms. The minimum absolute atomic E-state index is 0.0417. The molecule has 4 nitrogen and oxygen atoms in total. The first-order valence-corrected chi connectivity index (χ1v) is 5.99. The Morgan fingerprint density at radius 1 is 1.38 bits per heavy atom. The maximum Gasteiger partial charge on any atom is 0.251 e. The summed E-state index contributed by atoms with van der Waals surface area (Å²) in [4.78, 5) is -0.0417. The fraction of sp³-hybridized carbons (Fsp3) is 0.333. The Hall–Kier alpha value is -1.21. The van der Waals surface area contributed by atoms with Crippen LogP contribution >= 0.6 is 0 Å². The predicted molar refractivity (Wildman–Crippen MR) is 57.2 cm³/mol. The van der Waals surface area contributed by atoms with Gasteiger partial charge in [-0.1, -0.05) is 6.07 Å². The highest BCUT2D eigenvalue weighted by molar-refractivity contribution is 7.89. The topological polar surface area (TPSA) is 58.2 Å². The summed E-state index contributed by atoms with van der Waals surface area (Å²) in [5.41, 5.74) is 0.597. The van der Waals surface area contributed by atoms with Gasteiger partial charge in [-0.25, -0.2) is 21.9 Å². The number of halogens is 2. The number of hydrogen-bond donors (Lipinski definition) is 2. The zero-order valence-electron chi connectivity index (χ0n) is 8.57. The first-order chi connectivity index (χ1) is 7.45. The lowest BCUT2D eigenvalue weighted by Crippen LogP contribution is -2.28. The van der Waals surface area contributed by atoms with E-state index < -0.39 is 23.0 Å². The van der Waals surface area contributed by atoms with Gasteiger partial charge in [0.25, 0.3) is 6.43 Å². The van der Waals surface area contributed by atoms with Gasteiger partial charge >= 0.3 is 0 Å². The highest BCUT2D eigenvalue weighted by Crippen LogP contribution is 2.14. The van der Waals surface area contributed by atoms with Gasteiger partial charge < -0.3 is 5.32 Å². The molecule has 0 saturated heterocycles. The van der Waals surface area contributed by atoms with E-state index in [1.807, 2.05) is 4.72 Å². The van der Waals surface area contributed by atoms with Crippen LogP contribution in [0.3, 0.4) is 0 Å². The Morgan fingerprint density at radius 2 is 2.06 bits per heavy atom. The first kappa shape index (κ1) is 12.9. The van der Waals surface area contributed by atoms with Crippen molar-refractivity contribution in [1.82, 2.24) is 4.72 Å². The zero-order chi connectivity index (χ0) is 12.2. The molecule has 1 rings (SSSR count). The minimum atomic E-state index is -3.86. The van der Waals surface area contributed by atoms with E-state index in [-0.39, 0.29) is 4.90 Å². The summed E-state index contributed by atoms with van der Waals surface area (Å²) < 4.78 is 48.7. The van der Waals surface area contributed by atoms with Crippen molar-refractivity contribution < 1.29 is 17.2 Å². The van der Waals surface area contributed by atoms with Gasteiger partial charge in [-0.2, -0.15) is 0 Å². The molecule has 0 spiro atoms. The number of alkyl halides is 2. The first-order valence-electron chi connectivity index (χ1n) is 4.51. The Balaban J connectivity index is 2.89. The Morgan fingerprint density at radius 3 is 2.62 bits per heavy atom. The van der Waals surface area contributed by atoms with Gasteiger partial charge in [0.2, 0.25) is 10.0 Å². The van der Waals surface area contributed by atoms with E-state index >= 15 is 0 Å². The van der Waals surface area contributed by atoms with Crippen molar-refractivity contribution in [3.05, 3.63) is 24.3 Å². The van der Waals surface area contributed by atoms with Crippen LogP contribution in [0.5, 0.6) is 0 Å². The van der Waals surface area contributed by atoms with Crippen molar-refractivity contribution >= 4 is 15.7 Å². The molecule has 0 aliphatic carbocycles. The number of rotatable bonds is 5. The summed E-state index contributed by atoms with van der Waals surface area (Å²) in [5.74, 6) is 0. The molecule has 90 valence electrons. The number of sulfonamides is 1. The second-order valence-electron chi connectivity index (χ2n) is 3.02. The molecule has 0 aromatic heterocycles. The molecule has 0 heterocycles. The highest BCUT2D eigenvalue weighted by Gasteiger charge is 2.16. The van der Waals surface area contributed by atoms with Crippen LogP contribution in [0.15, 0.2) is 29.2 Å². The van der Waals surface area contributed by atoms with E-state index in [1.54, 1.807) is 13.1 Å². The van der Waals surface area contributed by atoms with E-state index in [2.05, 4.69) is 5.32 Å². The van der Waals surface area contributed by atoms with Crippen molar-refractivity contribution in [2.75, 3.05) is 18.9 Å². The van der Waals surface area contributed by atoms with Crippen LogP contribution in [0, 0.1) is 0 Å². The average Bonchev–Trinajstić information content (AvgIpc) is 2.27. The molecule has 0 fully saturated rings. The largest absolute Gasteiger partial charge is 0.388 e. The van der Waals surface area contributed by atoms with Gasteiger partial charge in [0.1, 0.15) is 0 Å². The lowest BCUT2D eigenvalue weighted by atomic mass is 10.3. The quantitative estimate of drug-likeness (QED) is 0.827. The fourth-order valence-corrected chi connectivity index (χ4v) is 2.13. The summed E-state index contributed by atoms with van der Waals surface area (Å²) in [5, 5.41) is 2.76. The molecular weight excluding hydrogens is 238 g/mol. The predicted octanol–water partition coefficient (Wildman–Crippen LogP) is 1.27. The summed E-state index contributed by atoms with van der Waals surface area (Å²) in [6.07, 6.45) is -2.71. The number of nitrogens with one attached hydrogen (secondary N) is 2. The normalized spacial score (nSPS) is 11.8. The van der Waals surface area contributed by atoms with Crippen molar-refractivity contribution in [2.45, 2.75) is 11.3 Å². The van der Waals surface area contributed by atoms with E-state index in [0.29, 0.717) is 5.69 Å². The maximum atomic E-state index is 11.9. The van der Waals surface area contributed by atoms with Crippen LogP contribution < -0.4 is 10.0 Å². The van der Waals surface area contributed by atoms with Gasteiger partial charge in [0.05, 0.1) is 11.4 Å². The molecule has 0 radical (unpaired) electrons. The molecule has 0 saturated carbocycles. The summed E-state index contributed by atoms with van der Waals surface area (Å²) >= 11 is 0. The van der Waals surface area contributed by atoms with Crippen LogP contribution in [0.2, 0.25) is 0 Å². The molecule has 0 atom stereocenters. The molecule has 1 aromatic rings. The Kier molecular flexibility index (Phi) is 4.19. The molecule has 0 unspecified atom stereocenters. The molecule has 0 aliphatic rings. The standard InChI is InChI=1S/C9H12F2N2O2S/c1-12-7-3-2-4-8(5-7)16(14,15)13-6-9(10)11/h2-5,9,12-13H,6H2,1H3. The second-order valence-corrected chi connectivity index (χ2v) is 4.79. The third-order valence-corrected chi connectivity index (χ3v) is 3.28. The van der Waals surface area contributed by atoms with E-state index in [1.165, 1.54) is 18.2 Å². The molecule has 2 N–H and O–H groups in total. The van der Waals surface area contributed by atoms with Crippen molar-refractivity contribution in [3.63, 3.8) is 0 Å². The number of anilines is 1. The summed E-state index contributed by atoms with van der Waals surface area (Å²) in [6.45, 7) is -0.883. The van der Waals surface area contributed by atoms with E-state index in [0.717, 1.165) is 0 Å². The van der Waals surface area contributed by atoms with Crippen LogP contribution in [0.25, 0.3) is 0 Å². The lowest BCUT2D eigenvalue weighted by molar-refractivity contribution is 0.153. The minimum Gasteiger partial charge on any atom is -0.388 e. The van der Waals surface area contributed by atoms with Gasteiger partial charge in [0.15, 0.2) is 0 Å². The third kappa shape index (κ3) is 3.42. The van der Waals surface area contributed by atoms with Gasteiger partial charge in [-0.15, -0.1) is 0 Å². The SMILES string of the molecule is CNc1cccc(S(=O)(=O)NCC(F)F)c1. The molecule has 0 bridgehead atoms. The van der Waals surface area contributed by atoms with Crippen molar-refractivity contribution in [2.24, 2.45) is 0 Å². The monoisotopic (exact) mass is 250 g/mol. The zero-order valence-corrected chi connectivity index (χ0v) is 9.39. The Bertz CT molecular complexity index is 449. The van der Waals surface area contributed by atoms with E-state index in [9.17, 15) is 17.2 Å². The molecule has 0 aliphatic heterocycles. The maximum absolute atomic E-state index is 11.9. The molecule has 1 aromatic carbocycles.